The van der Waals surface area contributed by atoms with Gasteiger partial charge in [-0.2, -0.15) is 5.06 Å². The van der Waals surface area contributed by atoms with E-state index < -0.39 is 11.9 Å². The molecule has 1 heterocycles. The van der Waals surface area contributed by atoms with Crippen LogP contribution < -0.4 is 0 Å². The minimum Gasteiger partial charge on any atom is -0.481 e. The zero-order chi connectivity index (χ0) is 20.4. The summed E-state index contributed by atoms with van der Waals surface area (Å²) in [6.07, 6.45) is 7.58. The molecule has 0 aromatic heterocycles. The Labute approximate surface area is 164 Å². The Morgan fingerprint density at radius 3 is 2.33 bits per heavy atom. The van der Waals surface area contributed by atoms with Crippen LogP contribution in [0, 0.1) is 5.92 Å². The number of carbonyl (C=O) groups is 2. The van der Waals surface area contributed by atoms with E-state index in [2.05, 4.69) is 39.7 Å². The van der Waals surface area contributed by atoms with Crippen molar-refractivity contribution in [2.75, 3.05) is 6.61 Å². The van der Waals surface area contributed by atoms with Crippen LogP contribution in [-0.2, 0) is 19.2 Å². The number of carbonyl (C=O) groups excluding carboxylic acids is 1. The molecule has 0 aromatic rings. The summed E-state index contributed by atoms with van der Waals surface area (Å²) in [6, 6.07) is 0.117. The lowest BCUT2D eigenvalue weighted by Gasteiger charge is -2.50. The van der Waals surface area contributed by atoms with E-state index in [1.807, 2.05) is 0 Å². The molecule has 0 aliphatic carbocycles. The highest BCUT2D eigenvalue weighted by Crippen LogP contribution is 2.37. The molecule has 1 aliphatic rings. The SMILES string of the molecule is CCCCCCCCON1C(C)C(C)C(OC(=O)CCC(=O)O)CC1(C)C. The first-order valence-corrected chi connectivity index (χ1v) is 10.5. The monoisotopic (exact) mass is 385 g/mol. The van der Waals surface area contributed by atoms with Crippen LogP contribution in [-0.4, -0.2) is 46.4 Å². The predicted octanol–water partition coefficient (Wildman–Crippen LogP) is 4.56. The Morgan fingerprint density at radius 2 is 1.70 bits per heavy atom. The van der Waals surface area contributed by atoms with E-state index in [0.29, 0.717) is 6.42 Å². The van der Waals surface area contributed by atoms with Crippen LogP contribution in [0.2, 0.25) is 0 Å². The number of carboxylic acid groups (broad SMARTS) is 1. The average Bonchev–Trinajstić information content (AvgIpc) is 2.59. The Bertz CT molecular complexity index is 465. The van der Waals surface area contributed by atoms with Crippen molar-refractivity contribution >= 4 is 11.9 Å². The molecular weight excluding hydrogens is 346 g/mol. The molecule has 0 aromatic carbocycles. The molecular formula is C21H39NO5. The molecule has 0 amide bonds. The minimum absolute atomic E-state index is 0.0778. The predicted molar refractivity (Wildman–Crippen MR) is 105 cm³/mol. The van der Waals surface area contributed by atoms with Gasteiger partial charge >= 0.3 is 11.9 Å². The molecule has 0 spiro atoms. The highest BCUT2D eigenvalue weighted by Gasteiger charge is 2.45. The van der Waals surface area contributed by atoms with Crippen molar-refractivity contribution in [3.8, 4) is 0 Å². The fourth-order valence-corrected chi connectivity index (χ4v) is 3.77. The summed E-state index contributed by atoms with van der Waals surface area (Å²) in [5, 5.41) is 10.8. The zero-order valence-corrected chi connectivity index (χ0v) is 17.8. The number of ether oxygens (including phenoxy) is 1. The molecule has 3 atom stereocenters. The Balaban J connectivity index is 2.48. The second-order valence-corrected chi connectivity index (χ2v) is 8.47. The number of esters is 1. The van der Waals surface area contributed by atoms with Gasteiger partial charge in [0.1, 0.15) is 6.10 Å². The molecule has 0 bridgehead atoms. The third kappa shape index (κ3) is 8.18. The lowest BCUT2D eigenvalue weighted by molar-refractivity contribution is -0.277. The molecule has 3 unspecified atom stereocenters. The molecule has 0 saturated carbocycles. The van der Waals surface area contributed by atoms with Crippen molar-refractivity contribution in [2.24, 2.45) is 5.92 Å². The van der Waals surface area contributed by atoms with Crippen molar-refractivity contribution in [2.45, 2.75) is 110 Å². The average molecular weight is 386 g/mol. The summed E-state index contributed by atoms with van der Waals surface area (Å²) in [4.78, 5) is 28.7. The van der Waals surface area contributed by atoms with E-state index in [1.54, 1.807) is 0 Å². The fourth-order valence-electron chi connectivity index (χ4n) is 3.77. The highest BCUT2D eigenvalue weighted by molar-refractivity contribution is 5.76. The molecule has 1 rings (SSSR count). The largest absolute Gasteiger partial charge is 0.481 e. The first kappa shape index (κ1) is 23.9. The summed E-state index contributed by atoms with van der Waals surface area (Å²) in [7, 11) is 0. The second-order valence-electron chi connectivity index (χ2n) is 8.47. The number of carboxylic acids is 1. The number of hydrogen-bond donors (Lipinski definition) is 1. The third-order valence-corrected chi connectivity index (χ3v) is 5.57. The van der Waals surface area contributed by atoms with Gasteiger partial charge in [-0.15, -0.1) is 0 Å². The van der Waals surface area contributed by atoms with Gasteiger partial charge in [0, 0.05) is 23.9 Å². The quantitative estimate of drug-likeness (QED) is 0.392. The van der Waals surface area contributed by atoms with Crippen LogP contribution in [0.5, 0.6) is 0 Å². The molecule has 27 heavy (non-hydrogen) atoms. The zero-order valence-electron chi connectivity index (χ0n) is 17.8. The molecule has 0 radical (unpaired) electrons. The summed E-state index contributed by atoms with van der Waals surface area (Å²) in [6.45, 7) is 11.3. The Kier molecular flexibility index (Phi) is 10.3. The topological polar surface area (TPSA) is 76.1 Å². The van der Waals surface area contributed by atoms with E-state index in [0.717, 1.165) is 13.0 Å². The lowest BCUT2D eigenvalue weighted by Crippen LogP contribution is -2.60. The Morgan fingerprint density at radius 1 is 1.07 bits per heavy atom. The molecule has 1 aliphatic heterocycles. The summed E-state index contributed by atoms with van der Waals surface area (Å²) in [5.74, 6) is -1.29. The van der Waals surface area contributed by atoms with E-state index in [4.69, 9.17) is 14.7 Å². The van der Waals surface area contributed by atoms with E-state index in [-0.39, 0.29) is 36.4 Å². The van der Waals surface area contributed by atoms with Crippen LogP contribution >= 0.6 is 0 Å². The van der Waals surface area contributed by atoms with Gasteiger partial charge in [-0.3, -0.25) is 14.4 Å². The smallest absolute Gasteiger partial charge is 0.306 e. The number of nitrogens with zero attached hydrogens (tertiary/aromatic N) is 1. The standard InChI is InChI=1S/C21H39NO5/c1-6-7-8-9-10-11-14-26-22-17(3)16(2)18(15-21(22,4)5)27-20(25)13-12-19(23)24/h16-18H,6-15H2,1-5H3,(H,23,24). The van der Waals surface area contributed by atoms with Gasteiger partial charge in [-0.05, 0) is 27.2 Å². The van der Waals surface area contributed by atoms with Crippen LogP contribution in [0.4, 0.5) is 0 Å². The van der Waals surface area contributed by atoms with Crippen LogP contribution in [0.15, 0.2) is 0 Å². The van der Waals surface area contributed by atoms with Crippen molar-refractivity contribution in [1.82, 2.24) is 5.06 Å². The fraction of sp³-hybridized carbons (Fsp3) is 0.905. The molecule has 158 valence electrons. The van der Waals surface area contributed by atoms with Crippen molar-refractivity contribution in [1.29, 1.82) is 0 Å². The maximum atomic E-state index is 11.9. The van der Waals surface area contributed by atoms with Crippen molar-refractivity contribution in [3.63, 3.8) is 0 Å². The van der Waals surface area contributed by atoms with E-state index >= 15 is 0 Å². The van der Waals surface area contributed by atoms with Gasteiger partial charge in [-0.25, -0.2) is 0 Å². The van der Waals surface area contributed by atoms with E-state index in [9.17, 15) is 9.59 Å². The number of unbranched alkanes of at least 4 members (excludes halogenated alkanes) is 5. The normalized spacial score (nSPS) is 25.3. The maximum absolute atomic E-state index is 11.9. The number of rotatable bonds is 12. The molecule has 6 nitrogen and oxygen atoms in total. The van der Waals surface area contributed by atoms with Crippen LogP contribution in [0.1, 0.15) is 92.4 Å². The third-order valence-electron chi connectivity index (χ3n) is 5.57. The van der Waals surface area contributed by atoms with Gasteiger partial charge in [0.15, 0.2) is 0 Å². The first-order valence-electron chi connectivity index (χ1n) is 10.5. The van der Waals surface area contributed by atoms with Crippen molar-refractivity contribution < 1.29 is 24.3 Å². The summed E-state index contributed by atoms with van der Waals surface area (Å²) < 4.78 is 5.60. The van der Waals surface area contributed by atoms with Gasteiger partial charge in [0.2, 0.25) is 0 Å². The molecule has 6 heteroatoms. The molecule has 1 fully saturated rings. The number of piperidine rings is 1. The van der Waals surface area contributed by atoms with Gasteiger partial charge in [0.25, 0.3) is 0 Å². The number of hydrogen-bond acceptors (Lipinski definition) is 5. The van der Waals surface area contributed by atoms with E-state index in [1.165, 1.54) is 32.1 Å². The molecule has 1 N–H and O–H groups in total. The summed E-state index contributed by atoms with van der Waals surface area (Å²) in [5.41, 5.74) is -0.244. The summed E-state index contributed by atoms with van der Waals surface area (Å²) >= 11 is 0. The first-order chi connectivity index (χ1) is 12.7. The van der Waals surface area contributed by atoms with Gasteiger partial charge < -0.3 is 9.84 Å². The second kappa shape index (κ2) is 11.6. The lowest BCUT2D eigenvalue weighted by atomic mass is 9.80. The van der Waals surface area contributed by atoms with Crippen molar-refractivity contribution in [3.05, 3.63) is 0 Å². The highest BCUT2D eigenvalue weighted by atomic mass is 16.7. The van der Waals surface area contributed by atoms with Gasteiger partial charge in [0.05, 0.1) is 19.4 Å². The molecule has 1 saturated heterocycles. The van der Waals surface area contributed by atoms with Gasteiger partial charge in [-0.1, -0.05) is 46.0 Å². The number of hydroxylamine groups is 2. The minimum atomic E-state index is -0.980. The van der Waals surface area contributed by atoms with Crippen LogP contribution in [0.3, 0.4) is 0 Å². The Hall–Kier alpha value is -1.14. The maximum Gasteiger partial charge on any atom is 0.306 e. The number of aliphatic carboxylic acids is 1. The van der Waals surface area contributed by atoms with Crippen LogP contribution in [0.25, 0.3) is 0 Å².